The maximum atomic E-state index is 11.9. The Labute approximate surface area is 107 Å². The van der Waals surface area contributed by atoms with Crippen LogP contribution in [0.2, 0.25) is 0 Å². The van der Waals surface area contributed by atoms with Gasteiger partial charge in [0, 0.05) is 0 Å². The van der Waals surface area contributed by atoms with Gasteiger partial charge in [0.05, 0.1) is 10.9 Å². The summed E-state index contributed by atoms with van der Waals surface area (Å²) in [6.45, 7) is 5.31. The number of amides is 1. The molecule has 18 heavy (non-hydrogen) atoms. The Balaban J connectivity index is 2.89. The van der Waals surface area contributed by atoms with E-state index in [2.05, 4.69) is 0 Å². The minimum Gasteiger partial charge on any atom is -0.319 e. The Morgan fingerprint density at radius 2 is 1.72 bits per heavy atom. The summed E-state index contributed by atoms with van der Waals surface area (Å²) in [6.07, 6.45) is 0. The van der Waals surface area contributed by atoms with E-state index in [9.17, 15) is 13.2 Å². The third-order valence-electron chi connectivity index (χ3n) is 2.50. The lowest BCUT2D eigenvalue weighted by Crippen LogP contribution is -2.50. The molecule has 0 heterocycles. The van der Waals surface area contributed by atoms with Crippen LogP contribution in [0.1, 0.15) is 20.8 Å². The van der Waals surface area contributed by atoms with E-state index in [1.54, 1.807) is 39.0 Å². The molecule has 1 rings (SSSR count). The van der Waals surface area contributed by atoms with Crippen LogP contribution < -0.4 is 10.5 Å². The zero-order valence-electron chi connectivity index (χ0n) is 10.7. The summed E-state index contributed by atoms with van der Waals surface area (Å²) in [5.74, 6) is -0.702. The van der Waals surface area contributed by atoms with E-state index in [4.69, 9.17) is 5.73 Å². The van der Waals surface area contributed by atoms with Crippen LogP contribution >= 0.6 is 0 Å². The zero-order chi connectivity index (χ0) is 14.0. The normalized spacial score (nSPS) is 14.0. The summed E-state index contributed by atoms with van der Waals surface area (Å²) < 4.78 is 25.8. The molecule has 0 bridgehead atoms. The van der Waals surface area contributed by atoms with Crippen molar-refractivity contribution in [3.05, 3.63) is 30.3 Å². The van der Waals surface area contributed by atoms with Crippen molar-refractivity contribution in [1.82, 2.24) is 4.72 Å². The Bertz CT molecular complexity index is 518. The van der Waals surface area contributed by atoms with Crippen LogP contribution in [0, 0.1) is 5.41 Å². The highest BCUT2D eigenvalue weighted by molar-refractivity contribution is 7.90. The molecule has 0 aliphatic heterocycles. The van der Waals surface area contributed by atoms with E-state index in [-0.39, 0.29) is 4.90 Å². The molecule has 3 N–H and O–H groups in total. The number of nitrogens with two attached hydrogens (primary N) is 1. The molecule has 0 aliphatic rings. The fraction of sp³-hybridized carbons (Fsp3) is 0.417. The summed E-state index contributed by atoms with van der Waals surface area (Å²) in [6, 6.07) is 6.81. The molecule has 0 saturated heterocycles. The van der Waals surface area contributed by atoms with Gasteiger partial charge in [-0.2, -0.15) is 0 Å². The maximum Gasteiger partial charge on any atom is 0.264 e. The Morgan fingerprint density at radius 1 is 1.22 bits per heavy atom. The molecule has 0 radical (unpaired) electrons. The Kier molecular flexibility index (Phi) is 4.13. The molecule has 6 heteroatoms. The van der Waals surface area contributed by atoms with Crippen molar-refractivity contribution in [1.29, 1.82) is 0 Å². The molecule has 100 valence electrons. The molecule has 5 nitrogen and oxygen atoms in total. The highest BCUT2D eigenvalue weighted by Crippen LogP contribution is 2.18. The van der Waals surface area contributed by atoms with Gasteiger partial charge in [0.1, 0.15) is 0 Å². The first-order chi connectivity index (χ1) is 8.14. The maximum absolute atomic E-state index is 11.9. The van der Waals surface area contributed by atoms with Crippen molar-refractivity contribution in [2.24, 2.45) is 11.1 Å². The minimum atomic E-state index is -3.84. The van der Waals surface area contributed by atoms with E-state index >= 15 is 0 Å². The minimum absolute atomic E-state index is 0.0412. The number of sulfonamides is 1. The van der Waals surface area contributed by atoms with Crippen LogP contribution in [0.3, 0.4) is 0 Å². The van der Waals surface area contributed by atoms with Gasteiger partial charge in [-0.15, -0.1) is 0 Å². The fourth-order valence-corrected chi connectivity index (χ4v) is 2.27. The molecular formula is C12H18N2O3S. The average Bonchev–Trinajstić information content (AvgIpc) is 2.27. The molecule has 0 aliphatic carbocycles. The van der Waals surface area contributed by atoms with Gasteiger partial charge in [-0.3, -0.25) is 4.79 Å². The predicted octanol–water partition coefficient (Wildman–Crippen LogP) is 0.865. The summed E-state index contributed by atoms with van der Waals surface area (Å²) in [5, 5.41) is 0. The Hall–Kier alpha value is -1.40. The first-order valence-corrected chi connectivity index (χ1v) is 7.00. The van der Waals surface area contributed by atoms with Crippen molar-refractivity contribution >= 4 is 15.9 Å². The van der Waals surface area contributed by atoms with E-state index in [1.807, 2.05) is 4.72 Å². The van der Waals surface area contributed by atoms with Gasteiger partial charge in [0.2, 0.25) is 0 Å². The summed E-state index contributed by atoms with van der Waals surface area (Å²) in [4.78, 5) is 11.8. The first-order valence-electron chi connectivity index (χ1n) is 5.52. The van der Waals surface area contributed by atoms with Crippen molar-refractivity contribution in [2.45, 2.75) is 31.7 Å². The Morgan fingerprint density at radius 3 is 2.17 bits per heavy atom. The SMILES string of the molecule is CC(C)(C)[C@H](N)C(=O)NS(=O)(=O)c1ccccc1. The lowest BCUT2D eigenvalue weighted by atomic mass is 9.87. The summed E-state index contributed by atoms with van der Waals surface area (Å²) in [7, 11) is -3.84. The molecule has 0 fully saturated rings. The lowest BCUT2D eigenvalue weighted by Gasteiger charge is -2.25. The second-order valence-corrected chi connectivity index (χ2v) is 6.81. The van der Waals surface area contributed by atoms with Gasteiger partial charge in [0.25, 0.3) is 15.9 Å². The number of nitrogens with one attached hydrogen (secondary N) is 1. The highest BCUT2D eigenvalue weighted by Gasteiger charge is 2.30. The predicted molar refractivity (Wildman–Crippen MR) is 69.2 cm³/mol. The van der Waals surface area contributed by atoms with Crippen molar-refractivity contribution < 1.29 is 13.2 Å². The average molecular weight is 270 g/mol. The molecule has 0 aromatic heterocycles. The quantitative estimate of drug-likeness (QED) is 0.852. The fourth-order valence-electron chi connectivity index (χ4n) is 1.25. The van der Waals surface area contributed by atoms with Gasteiger partial charge >= 0.3 is 0 Å². The van der Waals surface area contributed by atoms with Crippen LogP contribution in [-0.4, -0.2) is 20.4 Å². The number of benzene rings is 1. The number of carbonyl (C=O) groups is 1. The van der Waals surface area contributed by atoms with Gasteiger partial charge in [-0.25, -0.2) is 13.1 Å². The van der Waals surface area contributed by atoms with Crippen LogP contribution in [0.25, 0.3) is 0 Å². The second-order valence-electron chi connectivity index (χ2n) is 5.13. The van der Waals surface area contributed by atoms with Crippen molar-refractivity contribution in [3.63, 3.8) is 0 Å². The standard InChI is InChI=1S/C12H18N2O3S/c1-12(2,3)10(13)11(15)14-18(16,17)9-7-5-4-6-8-9/h4-8,10H,13H2,1-3H3,(H,14,15)/t10-/m1/s1. The summed E-state index contributed by atoms with van der Waals surface area (Å²) in [5.41, 5.74) is 5.20. The largest absolute Gasteiger partial charge is 0.319 e. The van der Waals surface area contributed by atoms with Crippen LogP contribution in [0.4, 0.5) is 0 Å². The molecule has 1 atom stereocenters. The third-order valence-corrected chi connectivity index (χ3v) is 3.87. The molecule has 1 aromatic carbocycles. The highest BCUT2D eigenvalue weighted by atomic mass is 32.2. The van der Waals surface area contributed by atoms with Gasteiger partial charge in [0.15, 0.2) is 0 Å². The van der Waals surface area contributed by atoms with Crippen molar-refractivity contribution in [2.75, 3.05) is 0 Å². The number of hydrogen-bond donors (Lipinski definition) is 2. The molecular weight excluding hydrogens is 252 g/mol. The van der Waals surface area contributed by atoms with E-state index in [0.717, 1.165) is 0 Å². The van der Waals surface area contributed by atoms with Crippen LogP contribution in [0.15, 0.2) is 35.2 Å². The number of rotatable bonds is 3. The third kappa shape index (κ3) is 3.54. The number of carbonyl (C=O) groups excluding carboxylic acids is 1. The second kappa shape index (κ2) is 5.07. The van der Waals surface area contributed by atoms with Gasteiger partial charge in [-0.1, -0.05) is 39.0 Å². The molecule has 0 unspecified atom stereocenters. The summed E-state index contributed by atoms with van der Waals surface area (Å²) >= 11 is 0. The van der Waals surface area contributed by atoms with Crippen LogP contribution in [0.5, 0.6) is 0 Å². The smallest absolute Gasteiger partial charge is 0.264 e. The monoisotopic (exact) mass is 270 g/mol. The van der Waals surface area contributed by atoms with Crippen molar-refractivity contribution in [3.8, 4) is 0 Å². The number of hydrogen-bond acceptors (Lipinski definition) is 4. The topological polar surface area (TPSA) is 89.3 Å². The van der Waals surface area contributed by atoms with Crippen LogP contribution in [-0.2, 0) is 14.8 Å². The lowest BCUT2D eigenvalue weighted by molar-refractivity contribution is -0.122. The molecule has 0 spiro atoms. The first kappa shape index (κ1) is 14.7. The van der Waals surface area contributed by atoms with Gasteiger partial charge in [-0.05, 0) is 17.5 Å². The van der Waals surface area contributed by atoms with Gasteiger partial charge < -0.3 is 5.73 Å². The zero-order valence-corrected chi connectivity index (χ0v) is 11.5. The molecule has 0 saturated carbocycles. The molecule has 1 aromatic rings. The van der Waals surface area contributed by atoms with E-state index < -0.39 is 27.4 Å². The molecule has 1 amide bonds. The van der Waals surface area contributed by atoms with E-state index in [1.165, 1.54) is 12.1 Å². The van der Waals surface area contributed by atoms with E-state index in [0.29, 0.717) is 0 Å².